The Labute approximate surface area is 199 Å². The molecule has 0 amide bonds. The Bertz CT molecular complexity index is 1130. The molecule has 3 aromatic rings. The van der Waals surface area contributed by atoms with Gasteiger partial charge in [-0.3, -0.25) is 0 Å². The highest BCUT2D eigenvalue weighted by Gasteiger charge is 2.34. The van der Waals surface area contributed by atoms with Gasteiger partial charge in [0.2, 0.25) is 0 Å². The maximum Gasteiger partial charge on any atom is 0.148 e. The molecule has 0 saturated carbocycles. The number of aryl methyl sites for hydroxylation is 2. The highest BCUT2D eigenvalue weighted by Crippen LogP contribution is 2.37. The van der Waals surface area contributed by atoms with E-state index >= 15 is 0 Å². The molecule has 2 atom stereocenters. The predicted octanol–water partition coefficient (Wildman–Crippen LogP) is 6.86. The van der Waals surface area contributed by atoms with E-state index in [-0.39, 0.29) is 12.1 Å². The van der Waals surface area contributed by atoms with Crippen molar-refractivity contribution in [1.82, 2.24) is 9.97 Å². The molecule has 0 fully saturated rings. The number of fused-ring (bicyclic) bond motifs is 1. The molecule has 0 radical (unpaired) electrons. The third-order valence-electron chi connectivity index (χ3n) is 5.80. The first-order valence-corrected chi connectivity index (χ1v) is 11.7. The van der Waals surface area contributed by atoms with Crippen LogP contribution in [0.25, 0.3) is 11.3 Å². The van der Waals surface area contributed by atoms with Crippen LogP contribution in [0.1, 0.15) is 42.4 Å². The fourth-order valence-corrected chi connectivity index (χ4v) is 4.73. The van der Waals surface area contributed by atoms with Crippen molar-refractivity contribution in [3.05, 3.63) is 87.7 Å². The summed E-state index contributed by atoms with van der Waals surface area (Å²) in [5.74, 6) is 0.798. The maximum absolute atomic E-state index is 6.50. The van der Waals surface area contributed by atoms with Gasteiger partial charge in [0.25, 0.3) is 0 Å². The molecule has 0 aliphatic heterocycles. The van der Waals surface area contributed by atoms with E-state index in [1.165, 1.54) is 11.1 Å². The van der Waals surface area contributed by atoms with Gasteiger partial charge >= 0.3 is 0 Å². The van der Waals surface area contributed by atoms with E-state index in [4.69, 9.17) is 37.9 Å². The lowest BCUT2D eigenvalue weighted by molar-refractivity contribution is 0.0684. The zero-order valence-corrected chi connectivity index (χ0v) is 19.9. The number of nitrogens with one attached hydrogen (secondary N) is 1. The SMILES string of the molecule is C=CCOC1Cc2ccccc2C1Nc1nc(CC)c(-c2ccc(Cl)cc2Cl)nc1CC. The Morgan fingerprint density at radius 2 is 1.88 bits per heavy atom. The molecule has 2 unspecified atom stereocenters. The van der Waals surface area contributed by atoms with Crippen LogP contribution < -0.4 is 5.32 Å². The van der Waals surface area contributed by atoms with Crippen molar-refractivity contribution in [3.8, 4) is 11.3 Å². The van der Waals surface area contributed by atoms with Gasteiger partial charge in [-0.25, -0.2) is 9.97 Å². The van der Waals surface area contributed by atoms with Crippen LogP contribution in [-0.2, 0) is 24.0 Å². The number of benzene rings is 2. The summed E-state index contributed by atoms with van der Waals surface area (Å²) < 4.78 is 6.11. The molecule has 0 spiro atoms. The molecule has 0 bridgehead atoms. The van der Waals surface area contributed by atoms with Crippen molar-refractivity contribution < 1.29 is 4.74 Å². The maximum atomic E-state index is 6.50. The second kappa shape index (κ2) is 10.0. The van der Waals surface area contributed by atoms with Crippen LogP contribution in [0.3, 0.4) is 0 Å². The van der Waals surface area contributed by atoms with Crippen molar-refractivity contribution in [2.75, 3.05) is 11.9 Å². The van der Waals surface area contributed by atoms with Crippen LogP contribution in [0.5, 0.6) is 0 Å². The van der Waals surface area contributed by atoms with Crippen LogP contribution in [0, 0.1) is 0 Å². The van der Waals surface area contributed by atoms with Gasteiger partial charge in [0, 0.05) is 17.0 Å². The summed E-state index contributed by atoms with van der Waals surface area (Å²) in [5.41, 5.74) is 5.99. The van der Waals surface area contributed by atoms with E-state index in [2.05, 4.69) is 50.0 Å². The molecule has 1 aliphatic carbocycles. The lowest BCUT2D eigenvalue weighted by atomic mass is 10.1. The highest BCUT2D eigenvalue weighted by molar-refractivity contribution is 6.36. The van der Waals surface area contributed by atoms with Crippen LogP contribution in [0.2, 0.25) is 10.0 Å². The molecule has 4 nitrogen and oxygen atoms in total. The number of ether oxygens (including phenoxy) is 1. The number of hydrogen-bond acceptors (Lipinski definition) is 4. The van der Waals surface area contributed by atoms with E-state index in [1.54, 1.807) is 12.1 Å². The molecule has 1 aromatic heterocycles. The van der Waals surface area contributed by atoms with Crippen molar-refractivity contribution in [2.24, 2.45) is 0 Å². The summed E-state index contributed by atoms with van der Waals surface area (Å²) in [5, 5.41) is 4.84. The van der Waals surface area contributed by atoms with Gasteiger partial charge in [-0.05, 0) is 42.2 Å². The standard InChI is InChI=1S/C26H27Cl2N3O/c1-4-13-32-23-14-16-9-7-8-10-18(16)25(23)31-26-22(6-3)29-24(21(5-2)30-26)19-12-11-17(27)15-20(19)28/h4,7-12,15,23,25H,1,5-6,13-14H2,2-3H3,(H,30,31). The van der Waals surface area contributed by atoms with Gasteiger partial charge < -0.3 is 10.1 Å². The lowest BCUT2D eigenvalue weighted by Gasteiger charge is -2.24. The molecule has 4 rings (SSSR count). The Kier molecular flexibility index (Phi) is 7.14. The number of hydrogen-bond donors (Lipinski definition) is 1. The Balaban J connectivity index is 1.74. The molecule has 2 aromatic carbocycles. The summed E-state index contributed by atoms with van der Waals surface area (Å²) in [7, 11) is 0. The van der Waals surface area contributed by atoms with E-state index in [1.807, 2.05) is 12.1 Å². The molecular formula is C26H27Cl2N3O. The van der Waals surface area contributed by atoms with Crippen molar-refractivity contribution in [2.45, 2.75) is 45.3 Å². The second-order valence-corrected chi connectivity index (χ2v) is 8.67. The average molecular weight is 468 g/mol. The number of anilines is 1. The number of nitrogens with zero attached hydrogens (tertiary/aromatic N) is 2. The Hall–Kier alpha value is -2.40. The van der Waals surface area contributed by atoms with Gasteiger partial charge in [-0.1, -0.05) is 67.4 Å². The minimum Gasteiger partial charge on any atom is -0.371 e. The number of aromatic nitrogens is 2. The number of halogens is 2. The number of rotatable bonds is 8. The molecule has 1 aliphatic rings. The Morgan fingerprint density at radius 3 is 2.59 bits per heavy atom. The molecule has 6 heteroatoms. The van der Waals surface area contributed by atoms with Crippen LogP contribution in [0.15, 0.2) is 55.1 Å². The quantitative estimate of drug-likeness (QED) is 0.367. The first-order valence-electron chi connectivity index (χ1n) is 11.0. The molecule has 1 heterocycles. The minimum absolute atomic E-state index is 0.000394. The minimum atomic E-state index is 0.000394. The smallest absolute Gasteiger partial charge is 0.148 e. The van der Waals surface area contributed by atoms with E-state index in [9.17, 15) is 0 Å². The first-order chi connectivity index (χ1) is 15.5. The third kappa shape index (κ3) is 4.54. The summed E-state index contributed by atoms with van der Waals surface area (Å²) in [6.45, 7) is 8.47. The zero-order chi connectivity index (χ0) is 22.7. The van der Waals surface area contributed by atoms with Crippen LogP contribution in [0.4, 0.5) is 5.82 Å². The zero-order valence-electron chi connectivity index (χ0n) is 18.4. The molecule has 32 heavy (non-hydrogen) atoms. The van der Waals surface area contributed by atoms with E-state index < -0.39 is 0 Å². The van der Waals surface area contributed by atoms with E-state index in [0.717, 1.165) is 47.7 Å². The summed E-state index contributed by atoms with van der Waals surface area (Å²) >= 11 is 12.6. The summed E-state index contributed by atoms with van der Waals surface area (Å²) in [6, 6.07) is 13.9. The van der Waals surface area contributed by atoms with Gasteiger partial charge in [0.15, 0.2) is 0 Å². The van der Waals surface area contributed by atoms with Gasteiger partial charge in [-0.2, -0.15) is 0 Å². The summed E-state index contributed by atoms with van der Waals surface area (Å²) in [6.07, 6.45) is 4.13. The summed E-state index contributed by atoms with van der Waals surface area (Å²) in [4.78, 5) is 10.0. The largest absolute Gasteiger partial charge is 0.371 e. The Morgan fingerprint density at radius 1 is 1.09 bits per heavy atom. The third-order valence-corrected chi connectivity index (χ3v) is 6.35. The molecular weight excluding hydrogens is 441 g/mol. The van der Waals surface area contributed by atoms with E-state index in [0.29, 0.717) is 16.7 Å². The molecule has 1 N–H and O–H groups in total. The van der Waals surface area contributed by atoms with Crippen LogP contribution >= 0.6 is 23.2 Å². The fraction of sp³-hybridized carbons (Fsp3) is 0.308. The van der Waals surface area contributed by atoms with Gasteiger partial charge in [-0.15, -0.1) is 6.58 Å². The van der Waals surface area contributed by atoms with Gasteiger partial charge in [0.05, 0.1) is 40.9 Å². The molecule has 166 valence electrons. The van der Waals surface area contributed by atoms with Gasteiger partial charge in [0.1, 0.15) is 5.82 Å². The van der Waals surface area contributed by atoms with Crippen molar-refractivity contribution in [1.29, 1.82) is 0 Å². The topological polar surface area (TPSA) is 47.0 Å². The first kappa shape index (κ1) is 22.8. The highest BCUT2D eigenvalue weighted by atomic mass is 35.5. The monoisotopic (exact) mass is 467 g/mol. The van der Waals surface area contributed by atoms with Crippen molar-refractivity contribution in [3.63, 3.8) is 0 Å². The normalized spacial score (nSPS) is 17.2. The predicted molar refractivity (Wildman–Crippen MR) is 133 cm³/mol. The lowest BCUT2D eigenvalue weighted by Crippen LogP contribution is -2.26. The average Bonchev–Trinajstić information content (AvgIpc) is 3.15. The van der Waals surface area contributed by atoms with Crippen molar-refractivity contribution >= 4 is 29.0 Å². The molecule has 0 saturated heterocycles. The fourth-order valence-electron chi connectivity index (χ4n) is 4.23. The van der Waals surface area contributed by atoms with Crippen LogP contribution in [-0.4, -0.2) is 22.7 Å². The second-order valence-electron chi connectivity index (χ2n) is 7.83.